The molecule has 1 atom stereocenters. The van der Waals surface area contributed by atoms with Gasteiger partial charge in [0.25, 0.3) is 0 Å². The molecule has 0 bridgehead atoms. The van der Waals surface area contributed by atoms with Gasteiger partial charge in [-0.05, 0) is 62.5 Å². The number of rotatable bonds is 10. The molecule has 30 heavy (non-hydrogen) atoms. The number of allylic oxidation sites excluding steroid dienone is 1. The number of likely N-dealkylation sites (N-methyl/N-ethyl adjacent to an activating group) is 1. The van der Waals surface area contributed by atoms with Crippen molar-refractivity contribution < 1.29 is 9.90 Å². The van der Waals surface area contributed by atoms with Crippen molar-refractivity contribution in [3.05, 3.63) is 76.4 Å². The minimum absolute atomic E-state index is 0.0306. The van der Waals surface area contributed by atoms with E-state index >= 15 is 0 Å². The Kier molecular flexibility index (Phi) is 8.02. The third-order valence-electron chi connectivity index (χ3n) is 5.19. The molecule has 0 spiro atoms. The van der Waals surface area contributed by atoms with E-state index in [2.05, 4.69) is 51.5 Å². The fourth-order valence-electron chi connectivity index (χ4n) is 3.60. The quantitative estimate of drug-likeness (QED) is 0.320. The van der Waals surface area contributed by atoms with Gasteiger partial charge in [0.1, 0.15) is 0 Å². The Morgan fingerprint density at radius 1 is 1.20 bits per heavy atom. The number of fused-ring (bicyclic) bond motifs is 1. The topological polar surface area (TPSA) is 45.5 Å². The number of hydrogen-bond donors (Lipinski definition) is 1. The normalized spacial score (nSPS) is 12.8. The molecule has 0 aliphatic heterocycles. The van der Waals surface area contributed by atoms with E-state index in [1.54, 1.807) is 6.08 Å². The van der Waals surface area contributed by atoms with Crippen LogP contribution in [0.3, 0.4) is 0 Å². The molecule has 0 amide bonds. The van der Waals surface area contributed by atoms with Crippen molar-refractivity contribution >= 4 is 38.7 Å². The third-order valence-corrected chi connectivity index (χ3v) is 5.71. The maximum atomic E-state index is 12.5. The van der Waals surface area contributed by atoms with Crippen LogP contribution in [0.1, 0.15) is 35.7 Å². The monoisotopic (exact) mass is 468 g/mol. The maximum absolute atomic E-state index is 12.5. The van der Waals surface area contributed by atoms with Gasteiger partial charge >= 0.3 is 0 Å². The first-order valence-corrected chi connectivity index (χ1v) is 11.2. The van der Waals surface area contributed by atoms with Gasteiger partial charge in [-0.3, -0.25) is 4.79 Å². The lowest BCUT2D eigenvalue weighted by Gasteiger charge is -2.21. The molecule has 0 aliphatic rings. The zero-order chi connectivity index (χ0) is 21.5. The molecule has 3 rings (SSSR count). The number of carbonyl (C=O) groups is 1. The first-order chi connectivity index (χ1) is 14.5. The van der Waals surface area contributed by atoms with Crippen molar-refractivity contribution in [3.8, 4) is 0 Å². The molecule has 5 heteroatoms. The second kappa shape index (κ2) is 10.7. The summed E-state index contributed by atoms with van der Waals surface area (Å²) in [5.41, 5.74) is 2.69. The average Bonchev–Trinajstić information content (AvgIpc) is 3.08. The number of ketones is 1. The van der Waals surface area contributed by atoms with Crippen LogP contribution in [0.25, 0.3) is 17.0 Å². The molecule has 1 heterocycles. The van der Waals surface area contributed by atoms with Crippen molar-refractivity contribution in [2.75, 3.05) is 20.1 Å². The van der Waals surface area contributed by atoms with Gasteiger partial charge < -0.3 is 14.6 Å². The highest BCUT2D eigenvalue weighted by molar-refractivity contribution is 9.10. The maximum Gasteiger partial charge on any atom is 0.185 e. The summed E-state index contributed by atoms with van der Waals surface area (Å²) in [4.78, 5) is 14.7. The number of carbonyl (C=O) groups excluding carboxylic acids is 1. The molecule has 2 aromatic carbocycles. The van der Waals surface area contributed by atoms with Gasteiger partial charge in [0.15, 0.2) is 5.78 Å². The highest BCUT2D eigenvalue weighted by Gasteiger charge is 2.13. The fraction of sp³-hybridized carbons (Fsp3) is 0.320. The first-order valence-electron chi connectivity index (χ1n) is 10.4. The Morgan fingerprint density at radius 3 is 2.67 bits per heavy atom. The Balaban J connectivity index is 1.76. The predicted octanol–water partition coefficient (Wildman–Crippen LogP) is 5.39. The Hall–Kier alpha value is -2.21. The summed E-state index contributed by atoms with van der Waals surface area (Å²) >= 11 is 3.39. The molecule has 4 nitrogen and oxygen atoms in total. The summed E-state index contributed by atoms with van der Waals surface area (Å²) in [6, 6.07) is 15.5. The minimum atomic E-state index is -0.455. The van der Waals surface area contributed by atoms with Crippen LogP contribution in [0.15, 0.2) is 65.3 Å². The number of aliphatic hydroxyl groups excluding tert-OH is 1. The number of benzene rings is 2. The van der Waals surface area contributed by atoms with Crippen molar-refractivity contribution in [2.45, 2.75) is 32.4 Å². The molecule has 0 saturated heterocycles. The standard InChI is InChI=1S/C25H29BrN2O2/c1-3-4-15-27(2)17-22(29)18-28-16-20(23-7-5-6-8-24(23)28)11-14-25(30)19-9-12-21(26)13-10-19/h5-14,16,22,29H,3-4,15,17-18H2,1-2H3/b14-11+. The van der Waals surface area contributed by atoms with Crippen LogP contribution < -0.4 is 0 Å². The van der Waals surface area contributed by atoms with Gasteiger partial charge in [0.2, 0.25) is 0 Å². The summed E-state index contributed by atoms with van der Waals surface area (Å²) in [6.07, 6.45) is 7.33. The van der Waals surface area contributed by atoms with Crippen LogP contribution in [-0.4, -0.2) is 46.6 Å². The Labute approximate surface area is 186 Å². The summed E-state index contributed by atoms with van der Waals surface area (Å²) < 4.78 is 3.03. The van der Waals surface area contributed by atoms with Crippen molar-refractivity contribution in [2.24, 2.45) is 0 Å². The van der Waals surface area contributed by atoms with E-state index in [-0.39, 0.29) is 5.78 Å². The van der Waals surface area contributed by atoms with Gasteiger partial charge in [-0.15, -0.1) is 0 Å². The van der Waals surface area contributed by atoms with Crippen molar-refractivity contribution in [1.29, 1.82) is 0 Å². The summed E-state index contributed by atoms with van der Waals surface area (Å²) in [5.74, 6) is -0.0306. The van der Waals surface area contributed by atoms with Crippen LogP contribution >= 0.6 is 15.9 Å². The molecule has 158 valence electrons. The first kappa shape index (κ1) is 22.5. The molecule has 1 aromatic heterocycles. The number of hydrogen-bond acceptors (Lipinski definition) is 3. The smallest absolute Gasteiger partial charge is 0.185 e. The molecule has 3 aromatic rings. The van der Waals surface area contributed by atoms with Crippen LogP contribution in [0.5, 0.6) is 0 Å². The largest absolute Gasteiger partial charge is 0.390 e. The molecule has 1 unspecified atom stereocenters. The van der Waals surface area contributed by atoms with Crippen molar-refractivity contribution in [1.82, 2.24) is 9.47 Å². The van der Waals surface area contributed by atoms with E-state index in [1.165, 1.54) is 0 Å². The van der Waals surface area contributed by atoms with Gasteiger partial charge in [-0.25, -0.2) is 0 Å². The number of unbranched alkanes of at least 4 members (excludes halogenated alkanes) is 1. The van der Waals surface area contributed by atoms with Crippen molar-refractivity contribution in [3.63, 3.8) is 0 Å². The zero-order valence-corrected chi connectivity index (χ0v) is 19.2. The van der Waals surface area contributed by atoms with Gasteiger partial charge in [-0.2, -0.15) is 0 Å². The molecular weight excluding hydrogens is 440 g/mol. The molecule has 0 radical (unpaired) electrons. The SMILES string of the molecule is CCCCN(C)CC(O)Cn1cc(/C=C/C(=O)c2ccc(Br)cc2)c2ccccc21. The lowest BCUT2D eigenvalue weighted by Crippen LogP contribution is -2.32. The summed E-state index contributed by atoms with van der Waals surface area (Å²) in [5, 5.41) is 11.7. The van der Waals surface area contributed by atoms with Crippen LogP contribution in [0.2, 0.25) is 0 Å². The highest BCUT2D eigenvalue weighted by atomic mass is 79.9. The van der Waals surface area contributed by atoms with E-state index in [4.69, 9.17) is 0 Å². The van der Waals surface area contributed by atoms with Crippen LogP contribution in [0.4, 0.5) is 0 Å². The second-order valence-corrected chi connectivity index (χ2v) is 8.64. The number of aromatic nitrogens is 1. The Bertz CT molecular complexity index is 1010. The van der Waals surface area contributed by atoms with Gasteiger partial charge in [-0.1, -0.05) is 47.5 Å². The van der Waals surface area contributed by atoms with Gasteiger partial charge in [0.05, 0.1) is 6.10 Å². The lowest BCUT2D eigenvalue weighted by molar-refractivity contribution is 0.104. The van der Waals surface area contributed by atoms with E-state index in [0.29, 0.717) is 18.7 Å². The molecule has 1 N–H and O–H groups in total. The summed E-state index contributed by atoms with van der Waals surface area (Å²) in [6.45, 7) is 4.32. The number of nitrogens with zero attached hydrogens (tertiary/aromatic N) is 2. The second-order valence-electron chi connectivity index (χ2n) is 7.73. The van der Waals surface area contributed by atoms with Crippen LogP contribution in [-0.2, 0) is 6.54 Å². The number of para-hydroxylation sites is 1. The minimum Gasteiger partial charge on any atom is -0.390 e. The lowest BCUT2D eigenvalue weighted by atomic mass is 10.1. The highest BCUT2D eigenvalue weighted by Crippen LogP contribution is 2.23. The zero-order valence-electron chi connectivity index (χ0n) is 17.6. The average molecular weight is 469 g/mol. The van der Waals surface area contributed by atoms with E-state index < -0.39 is 6.10 Å². The van der Waals surface area contributed by atoms with E-state index in [9.17, 15) is 9.90 Å². The molecule has 0 saturated carbocycles. The predicted molar refractivity (Wildman–Crippen MR) is 128 cm³/mol. The Morgan fingerprint density at radius 2 is 1.93 bits per heavy atom. The van der Waals surface area contributed by atoms with E-state index in [1.807, 2.05) is 48.7 Å². The fourth-order valence-corrected chi connectivity index (χ4v) is 3.86. The van der Waals surface area contributed by atoms with Gasteiger partial charge in [0, 0.05) is 45.8 Å². The van der Waals surface area contributed by atoms with Crippen LogP contribution in [0, 0.1) is 0 Å². The molecule has 0 aliphatic carbocycles. The molecular formula is C25H29BrN2O2. The number of halogens is 1. The molecule has 0 fully saturated rings. The number of aliphatic hydroxyl groups is 1. The summed E-state index contributed by atoms with van der Waals surface area (Å²) in [7, 11) is 2.05. The van der Waals surface area contributed by atoms with E-state index in [0.717, 1.165) is 40.3 Å². The third kappa shape index (κ3) is 5.91.